The second-order valence-electron chi connectivity index (χ2n) is 8.11. The molecule has 4 rings (SSSR count). The van der Waals surface area contributed by atoms with Crippen LogP contribution < -0.4 is 4.74 Å². The van der Waals surface area contributed by atoms with Gasteiger partial charge in [-0.2, -0.15) is 0 Å². The normalized spacial score (nSPS) is 14.2. The minimum absolute atomic E-state index is 0.0702. The Balaban J connectivity index is 1.34. The van der Waals surface area contributed by atoms with E-state index in [4.69, 9.17) is 9.15 Å². The summed E-state index contributed by atoms with van der Waals surface area (Å²) in [6.45, 7) is 6.30. The lowest BCUT2D eigenvalue weighted by Gasteiger charge is -2.35. The van der Waals surface area contributed by atoms with Crippen LogP contribution in [0, 0.1) is 13.8 Å². The number of carbonyl (C=O) groups excluding carboxylic acids is 2. The highest BCUT2D eigenvalue weighted by Gasteiger charge is 2.25. The first kappa shape index (κ1) is 21.0. The smallest absolute Gasteiger partial charge is 0.227 e. The molecule has 0 spiro atoms. The number of hydrogen-bond acceptors (Lipinski definition) is 4. The molecule has 2 amide bonds. The molecule has 0 saturated carbocycles. The summed E-state index contributed by atoms with van der Waals surface area (Å²) in [5.74, 6) is 0.894. The number of nitrogens with zero attached hydrogens (tertiary/aromatic N) is 2. The Morgan fingerprint density at radius 1 is 0.968 bits per heavy atom. The van der Waals surface area contributed by atoms with Gasteiger partial charge >= 0.3 is 0 Å². The Labute approximate surface area is 182 Å². The largest absolute Gasteiger partial charge is 0.497 e. The quantitative estimate of drug-likeness (QED) is 0.634. The minimum Gasteiger partial charge on any atom is -0.497 e. The van der Waals surface area contributed by atoms with Gasteiger partial charge in [0.2, 0.25) is 11.8 Å². The van der Waals surface area contributed by atoms with Crippen LogP contribution >= 0.6 is 0 Å². The number of hydrogen-bond donors (Lipinski definition) is 0. The molecule has 162 valence electrons. The first-order valence-corrected chi connectivity index (χ1v) is 10.6. The highest BCUT2D eigenvalue weighted by Crippen LogP contribution is 2.27. The van der Waals surface area contributed by atoms with Crippen LogP contribution in [0.3, 0.4) is 0 Å². The van der Waals surface area contributed by atoms with E-state index in [1.807, 2.05) is 47.1 Å². The van der Waals surface area contributed by atoms with E-state index in [-0.39, 0.29) is 11.8 Å². The first-order valence-electron chi connectivity index (χ1n) is 10.6. The number of fused-ring (bicyclic) bond motifs is 1. The second kappa shape index (κ2) is 8.84. The van der Waals surface area contributed by atoms with Gasteiger partial charge in [-0.05, 0) is 42.7 Å². The predicted octanol–water partition coefficient (Wildman–Crippen LogP) is 3.51. The van der Waals surface area contributed by atoms with Gasteiger partial charge in [0.1, 0.15) is 11.3 Å². The highest BCUT2D eigenvalue weighted by atomic mass is 16.5. The Kier molecular flexibility index (Phi) is 5.98. The van der Waals surface area contributed by atoms with Crippen LogP contribution in [0.25, 0.3) is 11.0 Å². The number of furan rings is 1. The number of amides is 2. The van der Waals surface area contributed by atoms with Gasteiger partial charge in [0, 0.05) is 37.1 Å². The summed E-state index contributed by atoms with van der Waals surface area (Å²) in [5, 5.41) is 1.00. The summed E-state index contributed by atoms with van der Waals surface area (Å²) in [4.78, 5) is 29.2. The lowest BCUT2D eigenvalue weighted by molar-refractivity contribution is -0.138. The number of benzene rings is 2. The van der Waals surface area contributed by atoms with Gasteiger partial charge in [0.05, 0.1) is 26.2 Å². The van der Waals surface area contributed by atoms with Gasteiger partial charge in [0.15, 0.2) is 0 Å². The topological polar surface area (TPSA) is 63.0 Å². The van der Waals surface area contributed by atoms with E-state index in [9.17, 15) is 9.59 Å². The van der Waals surface area contributed by atoms with E-state index in [0.717, 1.165) is 33.4 Å². The summed E-state index contributed by atoms with van der Waals surface area (Å²) in [7, 11) is 1.62. The molecule has 2 aromatic carbocycles. The highest BCUT2D eigenvalue weighted by molar-refractivity contribution is 5.89. The van der Waals surface area contributed by atoms with E-state index in [0.29, 0.717) is 39.0 Å². The van der Waals surface area contributed by atoms with E-state index in [2.05, 4.69) is 13.0 Å². The number of aryl methyl sites for hydroxylation is 2. The van der Waals surface area contributed by atoms with Crippen molar-refractivity contribution in [3.63, 3.8) is 0 Å². The van der Waals surface area contributed by atoms with Crippen molar-refractivity contribution in [2.24, 2.45) is 0 Å². The second-order valence-corrected chi connectivity index (χ2v) is 8.11. The lowest BCUT2D eigenvalue weighted by atomic mass is 10.0. The molecule has 6 heteroatoms. The van der Waals surface area contributed by atoms with Crippen LogP contribution in [0.2, 0.25) is 0 Å². The number of ether oxygens (including phenoxy) is 1. The Bertz CT molecular complexity index is 1110. The number of rotatable bonds is 5. The number of methoxy groups -OCH3 is 1. The standard InChI is InChI=1S/C25H28N2O4/c1-17-7-8-22-20(16-31-25(22)18(17)2)15-24(29)27-11-9-26(10-12-27)23(28)14-19-5-4-6-21(13-19)30-3/h4-8,13,16H,9-12,14-15H2,1-3H3. The van der Waals surface area contributed by atoms with Crippen LogP contribution in [0.5, 0.6) is 5.75 Å². The van der Waals surface area contributed by atoms with Crippen molar-refractivity contribution in [2.45, 2.75) is 26.7 Å². The molecule has 1 aliphatic heterocycles. The maximum absolute atomic E-state index is 12.9. The fourth-order valence-electron chi connectivity index (χ4n) is 4.07. The summed E-state index contributed by atoms with van der Waals surface area (Å²) < 4.78 is 11.0. The molecule has 0 N–H and O–H groups in total. The van der Waals surface area contributed by atoms with Crippen LogP contribution in [0.4, 0.5) is 0 Å². The monoisotopic (exact) mass is 420 g/mol. The number of carbonyl (C=O) groups is 2. The minimum atomic E-state index is 0.0702. The van der Waals surface area contributed by atoms with Gasteiger partial charge in [-0.15, -0.1) is 0 Å². The third-order valence-electron chi connectivity index (χ3n) is 6.16. The van der Waals surface area contributed by atoms with Crippen LogP contribution in [-0.4, -0.2) is 54.9 Å². The molecule has 0 radical (unpaired) electrons. The molecule has 0 bridgehead atoms. The molecule has 0 unspecified atom stereocenters. The van der Waals surface area contributed by atoms with Crippen molar-refractivity contribution < 1.29 is 18.7 Å². The molecule has 31 heavy (non-hydrogen) atoms. The number of piperazine rings is 1. The van der Waals surface area contributed by atoms with E-state index < -0.39 is 0 Å². The van der Waals surface area contributed by atoms with Gasteiger partial charge in [-0.1, -0.05) is 24.3 Å². The Hall–Kier alpha value is -3.28. The van der Waals surface area contributed by atoms with Crippen LogP contribution in [-0.2, 0) is 22.4 Å². The predicted molar refractivity (Wildman–Crippen MR) is 119 cm³/mol. The van der Waals surface area contributed by atoms with Crippen molar-refractivity contribution in [2.75, 3.05) is 33.3 Å². The van der Waals surface area contributed by atoms with Gasteiger partial charge in [-0.3, -0.25) is 9.59 Å². The fraction of sp³-hybridized carbons (Fsp3) is 0.360. The molecule has 1 fully saturated rings. The zero-order valence-corrected chi connectivity index (χ0v) is 18.3. The summed E-state index contributed by atoms with van der Waals surface area (Å²) >= 11 is 0. The maximum Gasteiger partial charge on any atom is 0.227 e. The van der Waals surface area contributed by atoms with Crippen molar-refractivity contribution in [3.05, 3.63) is 64.9 Å². The fourth-order valence-corrected chi connectivity index (χ4v) is 4.07. The molecule has 1 aliphatic rings. The van der Waals surface area contributed by atoms with E-state index in [1.165, 1.54) is 5.56 Å². The van der Waals surface area contributed by atoms with Crippen LogP contribution in [0.1, 0.15) is 22.3 Å². The summed E-state index contributed by atoms with van der Waals surface area (Å²) in [6, 6.07) is 11.7. The van der Waals surface area contributed by atoms with E-state index in [1.54, 1.807) is 13.4 Å². The molecule has 0 aliphatic carbocycles. The third-order valence-corrected chi connectivity index (χ3v) is 6.16. The van der Waals surface area contributed by atoms with Gasteiger partial charge in [0.25, 0.3) is 0 Å². The van der Waals surface area contributed by atoms with Crippen molar-refractivity contribution in [1.29, 1.82) is 0 Å². The van der Waals surface area contributed by atoms with E-state index >= 15 is 0 Å². The van der Waals surface area contributed by atoms with Crippen molar-refractivity contribution in [3.8, 4) is 5.75 Å². The van der Waals surface area contributed by atoms with Crippen LogP contribution in [0.15, 0.2) is 47.1 Å². The average Bonchev–Trinajstić information content (AvgIpc) is 3.19. The zero-order chi connectivity index (χ0) is 22.0. The molecule has 1 saturated heterocycles. The maximum atomic E-state index is 12.9. The molecule has 0 atom stereocenters. The lowest BCUT2D eigenvalue weighted by Crippen LogP contribution is -2.51. The molecular weight excluding hydrogens is 392 g/mol. The molecule has 3 aromatic rings. The SMILES string of the molecule is COc1cccc(CC(=O)N2CCN(C(=O)Cc3coc4c(C)c(C)ccc34)CC2)c1. The summed E-state index contributed by atoms with van der Waals surface area (Å²) in [5.41, 5.74) is 4.99. The summed E-state index contributed by atoms with van der Waals surface area (Å²) in [6.07, 6.45) is 2.35. The van der Waals surface area contributed by atoms with Gasteiger partial charge in [-0.25, -0.2) is 0 Å². The molecular formula is C25H28N2O4. The van der Waals surface area contributed by atoms with Gasteiger partial charge < -0.3 is 19.0 Å². The molecule has 6 nitrogen and oxygen atoms in total. The Morgan fingerprint density at radius 2 is 1.65 bits per heavy atom. The first-order chi connectivity index (χ1) is 15.0. The average molecular weight is 421 g/mol. The van der Waals surface area contributed by atoms with Crippen molar-refractivity contribution >= 4 is 22.8 Å². The van der Waals surface area contributed by atoms with Crippen molar-refractivity contribution in [1.82, 2.24) is 9.80 Å². The zero-order valence-electron chi connectivity index (χ0n) is 18.3. The molecule has 2 heterocycles. The Morgan fingerprint density at radius 3 is 2.32 bits per heavy atom. The molecule has 1 aromatic heterocycles. The third kappa shape index (κ3) is 4.43.